The third-order valence-corrected chi connectivity index (χ3v) is 3.55. The minimum Gasteiger partial charge on any atom is -0.472 e. The van der Waals surface area contributed by atoms with E-state index in [0.29, 0.717) is 16.8 Å². The van der Waals surface area contributed by atoms with E-state index >= 15 is 0 Å². The molecular weight excluding hydrogens is 352 g/mol. The van der Waals surface area contributed by atoms with Crippen LogP contribution in [0.25, 0.3) is 17.1 Å². The molecule has 1 amide bonds. The molecule has 0 saturated heterocycles. The van der Waals surface area contributed by atoms with E-state index in [1.165, 1.54) is 23.4 Å². The van der Waals surface area contributed by atoms with Crippen LogP contribution in [-0.2, 0) is 0 Å². The predicted octanol–water partition coefficient (Wildman–Crippen LogP) is 1.26. The zero-order valence-electron chi connectivity index (χ0n) is 13.7. The summed E-state index contributed by atoms with van der Waals surface area (Å²) in [6, 6.07) is 10.8. The third-order valence-electron chi connectivity index (χ3n) is 3.55. The molecule has 0 saturated carbocycles. The lowest BCUT2D eigenvalue weighted by molar-refractivity contribution is 0.0950. The number of rotatable bonds is 5. The zero-order chi connectivity index (χ0) is 18.6. The van der Waals surface area contributed by atoms with E-state index in [2.05, 4.69) is 35.8 Å². The number of nitrogens with one attached hydrogen (secondary N) is 1. The van der Waals surface area contributed by atoms with Crippen molar-refractivity contribution in [1.82, 2.24) is 30.7 Å². The minimum absolute atomic E-state index is 0.0158. The number of hydrogen-bond donors (Lipinski definition) is 2. The van der Waals surface area contributed by atoms with E-state index in [1.807, 2.05) is 18.2 Å². The first kappa shape index (κ1) is 16.2. The molecule has 0 aliphatic carbocycles. The van der Waals surface area contributed by atoms with Gasteiger partial charge in [-0.2, -0.15) is 9.78 Å². The SMILES string of the molecule is Nc1nonc1-n1nnc(C(=O)NN=Cc2ccoc2)c1-c1ccccc1. The zero-order valence-corrected chi connectivity index (χ0v) is 13.7. The van der Waals surface area contributed by atoms with Crippen molar-refractivity contribution < 1.29 is 13.8 Å². The summed E-state index contributed by atoms with van der Waals surface area (Å²) in [5, 5.41) is 19.1. The lowest BCUT2D eigenvalue weighted by Gasteiger charge is -2.05. The maximum Gasteiger partial charge on any atom is 0.294 e. The normalized spacial score (nSPS) is 11.1. The molecule has 1 aromatic carbocycles. The van der Waals surface area contributed by atoms with Crippen LogP contribution in [0.5, 0.6) is 0 Å². The summed E-state index contributed by atoms with van der Waals surface area (Å²) in [6.45, 7) is 0. The summed E-state index contributed by atoms with van der Waals surface area (Å²) < 4.78 is 10.8. The van der Waals surface area contributed by atoms with E-state index < -0.39 is 5.91 Å². The maximum absolute atomic E-state index is 12.6. The topological polar surface area (TPSA) is 150 Å². The summed E-state index contributed by atoms with van der Waals surface area (Å²) in [5.74, 6) is -0.417. The van der Waals surface area contributed by atoms with Crippen LogP contribution in [0, 0.1) is 0 Å². The van der Waals surface area contributed by atoms with Crippen LogP contribution in [0.4, 0.5) is 5.82 Å². The fourth-order valence-corrected chi connectivity index (χ4v) is 2.34. The van der Waals surface area contributed by atoms with Crippen molar-refractivity contribution in [2.24, 2.45) is 5.10 Å². The molecule has 27 heavy (non-hydrogen) atoms. The average Bonchev–Trinajstić information content (AvgIpc) is 3.42. The molecule has 0 bridgehead atoms. The maximum atomic E-state index is 12.6. The van der Waals surface area contributed by atoms with Gasteiger partial charge in [0.25, 0.3) is 5.91 Å². The van der Waals surface area contributed by atoms with Gasteiger partial charge in [-0.1, -0.05) is 35.5 Å². The first-order chi connectivity index (χ1) is 13.2. The van der Waals surface area contributed by atoms with Gasteiger partial charge in [0.05, 0.1) is 18.7 Å². The highest BCUT2D eigenvalue weighted by molar-refractivity contribution is 5.98. The highest BCUT2D eigenvalue weighted by Gasteiger charge is 2.24. The number of hydrazone groups is 1. The van der Waals surface area contributed by atoms with Crippen molar-refractivity contribution in [2.45, 2.75) is 0 Å². The van der Waals surface area contributed by atoms with Gasteiger partial charge in [0, 0.05) is 11.1 Å². The van der Waals surface area contributed by atoms with Gasteiger partial charge in [-0.3, -0.25) is 4.79 Å². The minimum atomic E-state index is -0.560. The van der Waals surface area contributed by atoms with Crippen LogP contribution in [0.3, 0.4) is 0 Å². The second kappa shape index (κ2) is 6.92. The Morgan fingerprint density at radius 1 is 1.22 bits per heavy atom. The molecule has 3 heterocycles. The smallest absolute Gasteiger partial charge is 0.294 e. The van der Waals surface area contributed by atoms with E-state index in [0.717, 1.165) is 0 Å². The summed E-state index contributed by atoms with van der Waals surface area (Å²) in [5.41, 5.74) is 9.93. The Morgan fingerprint density at radius 2 is 2.07 bits per heavy atom. The molecule has 0 aliphatic rings. The quantitative estimate of drug-likeness (QED) is 0.397. The Morgan fingerprint density at radius 3 is 2.78 bits per heavy atom. The van der Waals surface area contributed by atoms with Gasteiger partial charge < -0.3 is 10.2 Å². The molecule has 134 valence electrons. The first-order valence-corrected chi connectivity index (χ1v) is 7.69. The fraction of sp³-hybridized carbons (Fsp3) is 0. The van der Waals surface area contributed by atoms with Gasteiger partial charge in [-0.25, -0.2) is 10.1 Å². The number of benzene rings is 1. The molecule has 0 fully saturated rings. The van der Waals surface area contributed by atoms with Gasteiger partial charge in [0.15, 0.2) is 5.69 Å². The number of nitrogens with two attached hydrogens (primary N) is 1. The van der Waals surface area contributed by atoms with Gasteiger partial charge in [-0.15, -0.1) is 5.10 Å². The van der Waals surface area contributed by atoms with Gasteiger partial charge in [0.2, 0.25) is 11.6 Å². The van der Waals surface area contributed by atoms with Crippen molar-refractivity contribution in [3.05, 3.63) is 60.2 Å². The standard InChI is InChI=1S/C16H12N8O3/c17-14-15(22-27-21-14)24-13(11-4-2-1-3-5-11)12(19-23-24)16(25)20-18-8-10-6-7-26-9-10/h1-9H,(H2,17,21)(H,20,25). The van der Waals surface area contributed by atoms with Gasteiger partial charge in [-0.05, 0) is 16.4 Å². The molecule has 4 aromatic rings. The van der Waals surface area contributed by atoms with Gasteiger partial charge >= 0.3 is 0 Å². The predicted molar refractivity (Wildman–Crippen MR) is 92.8 cm³/mol. The second-order valence-electron chi connectivity index (χ2n) is 5.29. The summed E-state index contributed by atoms with van der Waals surface area (Å²) >= 11 is 0. The Labute approximate surface area is 151 Å². The number of carbonyl (C=O) groups is 1. The number of nitrogen functional groups attached to an aromatic ring is 1. The Hall–Kier alpha value is -4.28. The Bertz CT molecular complexity index is 1080. The number of hydrogen-bond acceptors (Lipinski definition) is 9. The molecule has 11 heteroatoms. The summed E-state index contributed by atoms with van der Waals surface area (Å²) in [6.07, 6.45) is 4.42. The van der Waals surface area contributed by atoms with Crippen LogP contribution < -0.4 is 11.2 Å². The van der Waals surface area contributed by atoms with Crippen LogP contribution in [-0.4, -0.2) is 37.4 Å². The second-order valence-corrected chi connectivity index (χ2v) is 5.29. The highest BCUT2D eigenvalue weighted by Crippen LogP contribution is 2.26. The van der Waals surface area contributed by atoms with Crippen molar-refractivity contribution in [2.75, 3.05) is 5.73 Å². The molecular formula is C16H12N8O3. The van der Waals surface area contributed by atoms with E-state index in [1.54, 1.807) is 18.2 Å². The molecule has 3 N–H and O–H groups in total. The van der Waals surface area contributed by atoms with Crippen LogP contribution in [0.2, 0.25) is 0 Å². The van der Waals surface area contributed by atoms with E-state index in [9.17, 15) is 4.79 Å². The third kappa shape index (κ3) is 3.16. The molecule has 11 nitrogen and oxygen atoms in total. The summed E-state index contributed by atoms with van der Waals surface area (Å²) in [7, 11) is 0. The number of amides is 1. The lowest BCUT2D eigenvalue weighted by Crippen LogP contribution is -2.19. The highest BCUT2D eigenvalue weighted by atomic mass is 16.6. The van der Waals surface area contributed by atoms with Crippen molar-refractivity contribution in [3.8, 4) is 17.1 Å². The van der Waals surface area contributed by atoms with Crippen molar-refractivity contribution in [1.29, 1.82) is 0 Å². The average molecular weight is 364 g/mol. The van der Waals surface area contributed by atoms with Crippen LogP contribution >= 0.6 is 0 Å². The Balaban J connectivity index is 1.71. The molecule has 0 spiro atoms. The molecule has 0 unspecified atom stereocenters. The van der Waals surface area contributed by atoms with E-state index in [-0.39, 0.29) is 17.3 Å². The molecule has 4 rings (SSSR count). The number of nitrogens with zero attached hydrogens (tertiary/aromatic N) is 6. The Kier molecular flexibility index (Phi) is 4.15. The number of furan rings is 1. The lowest BCUT2D eigenvalue weighted by atomic mass is 10.1. The van der Waals surface area contributed by atoms with E-state index in [4.69, 9.17) is 10.2 Å². The largest absolute Gasteiger partial charge is 0.472 e. The first-order valence-electron chi connectivity index (χ1n) is 7.69. The van der Waals surface area contributed by atoms with Crippen LogP contribution in [0.1, 0.15) is 16.1 Å². The van der Waals surface area contributed by atoms with Crippen molar-refractivity contribution in [3.63, 3.8) is 0 Å². The number of aromatic nitrogens is 5. The van der Waals surface area contributed by atoms with Gasteiger partial charge in [0.1, 0.15) is 5.69 Å². The molecule has 0 radical (unpaired) electrons. The molecule has 0 aliphatic heterocycles. The monoisotopic (exact) mass is 364 g/mol. The van der Waals surface area contributed by atoms with Crippen LogP contribution in [0.15, 0.2) is 63.1 Å². The van der Waals surface area contributed by atoms with Crippen molar-refractivity contribution >= 4 is 17.9 Å². The summed E-state index contributed by atoms with van der Waals surface area (Å²) in [4.78, 5) is 12.6. The number of carbonyl (C=O) groups excluding carboxylic acids is 1. The fourth-order valence-electron chi connectivity index (χ4n) is 2.34. The molecule has 0 atom stereocenters. The number of anilines is 1. The molecule has 3 aromatic heterocycles.